The van der Waals surface area contributed by atoms with E-state index in [-0.39, 0.29) is 23.0 Å². The van der Waals surface area contributed by atoms with Crippen molar-refractivity contribution in [3.05, 3.63) is 36.4 Å². The van der Waals surface area contributed by atoms with Gasteiger partial charge in [-0.3, -0.25) is 0 Å². The van der Waals surface area contributed by atoms with Crippen LogP contribution in [-0.4, -0.2) is 38.3 Å². The summed E-state index contributed by atoms with van der Waals surface area (Å²) < 4.78 is 21.0. The van der Waals surface area contributed by atoms with Gasteiger partial charge in [-0.05, 0) is 42.6 Å². The maximum atomic E-state index is 13.6. The van der Waals surface area contributed by atoms with E-state index < -0.39 is 6.10 Å². The molecule has 2 aromatic rings. The maximum absolute atomic E-state index is 13.6. The number of unbranched alkanes of at least 4 members (excludes halogenated alkanes) is 1. The molecule has 2 unspecified atom stereocenters. The number of aromatic nitrogens is 3. The number of nitrogens with zero attached hydrogens (tertiary/aromatic N) is 3. The second kappa shape index (κ2) is 10.1. The van der Waals surface area contributed by atoms with E-state index in [2.05, 4.69) is 17.0 Å². The van der Waals surface area contributed by atoms with Crippen LogP contribution in [-0.2, 0) is 0 Å². The molecule has 1 N–H and O–H groups in total. The summed E-state index contributed by atoms with van der Waals surface area (Å²) in [5, 5.41) is 16.1. The lowest BCUT2D eigenvalue weighted by atomic mass is 9.83. The lowest BCUT2D eigenvalue weighted by Crippen LogP contribution is -2.36. The second-order valence-corrected chi connectivity index (χ2v) is 8.80. The first kappa shape index (κ1) is 21.7. The number of hydrogen-bond acceptors (Lipinski definition) is 5. The molecule has 1 aromatic heterocycles. The average Bonchev–Trinajstić information content (AvgIpc) is 3.06. The first-order valence-electron chi connectivity index (χ1n) is 9.42. The smallest absolute Gasteiger partial charge is 0.186 e. The number of aliphatic hydroxyl groups is 1. The Morgan fingerprint density at radius 1 is 1.26 bits per heavy atom. The monoisotopic (exact) mass is 395 g/mol. The maximum Gasteiger partial charge on any atom is 0.186 e. The third-order valence-corrected chi connectivity index (χ3v) is 5.21. The highest BCUT2D eigenvalue weighted by molar-refractivity contribution is 7.99. The van der Waals surface area contributed by atoms with Gasteiger partial charge in [0.25, 0.3) is 0 Å². The van der Waals surface area contributed by atoms with Crippen LogP contribution in [0.2, 0.25) is 0 Å². The van der Waals surface area contributed by atoms with Gasteiger partial charge in [-0.1, -0.05) is 51.6 Å². The lowest BCUT2D eigenvalue weighted by molar-refractivity contribution is 0.00507. The zero-order chi connectivity index (χ0) is 19.9. The number of ether oxygens (including phenoxy) is 1. The molecule has 150 valence electrons. The molecule has 2 atom stereocenters. The summed E-state index contributed by atoms with van der Waals surface area (Å²) in [6.07, 6.45) is 3.35. The van der Waals surface area contributed by atoms with E-state index in [1.807, 2.05) is 25.5 Å². The van der Waals surface area contributed by atoms with Gasteiger partial charge in [-0.25, -0.2) is 14.1 Å². The zero-order valence-electron chi connectivity index (χ0n) is 16.6. The number of thioether (sulfide) groups is 1. The van der Waals surface area contributed by atoms with Gasteiger partial charge in [0.05, 0.1) is 18.8 Å². The topological polar surface area (TPSA) is 60.2 Å². The van der Waals surface area contributed by atoms with Crippen LogP contribution in [0.15, 0.2) is 35.7 Å². The Hall–Kier alpha value is -1.60. The van der Waals surface area contributed by atoms with E-state index in [0.29, 0.717) is 6.61 Å². The SMILES string of the molecule is CCSc1ncnn1C(CCCCOc1ccccc1F)C(O)C(C)(C)C. The van der Waals surface area contributed by atoms with Gasteiger partial charge in [-0.15, -0.1) is 0 Å². The van der Waals surface area contributed by atoms with Crippen molar-refractivity contribution in [2.75, 3.05) is 12.4 Å². The van der Waals surface area contributed by atoms with Crippen LogP contribution in [0.4, 0.5) is 4.39 Å². The fraction of sp³-hybridized carbons (Fsp3) is 0.600. The fourth-order valence-electron chi connectivity index (χ4n) is 2.89. The second-order valence-electron chi connectivity index (χ2n) is 7.57. The molecular weight excluding hydrogens is 365 g/mol. The average molecular weight is 396 g/mol. The molecule has 0 aliphatic rings. The van der Waals surface area contributed by atoms with Crippen LogP contribution in [0.1, 0.15) is 53.0 Å². The Kier molecular flexibility index (Phi) is 8.10. The Labute approximate surface area is 165 Å². The minimum Gasteiger partial charge on any atom is -0.491 e. The van der Waals surface area contributed by atoms with Crippen molar-refractivity contribution >= 4 is 11.8 Å². The molecule has 0 saturated carbocycles. The highest BCUT2D eigenvalue weighted by Gasteiger charge is 2.33. The van der Waals surface area contributed by atoms with Gasteiger partial charge in [0.1, 0.15) is 6.33 Å². The summed E-state index contributed by atoms with van der Waals surface area (Å²) in [5.74, 6) is 0.831. The highest BCUT2D eigenvalue weighted by atomic mass is 32.2. The summed E-state index contributed by atoms with van der Waals surface area (Å²) in [7, 11) is 0. The molecule has 2 rings (SSSR count). The molecule has 1 heterocycles. The molecule has 0 radical (unpaired) electrons. The molecule has 0 spiro atoms. The van der Waals surface area contributed by atoms with Crippen LogP contribution in [0.3, 0.4) is 0 Å². The Morgan fingerprint density at radius 2 is 2.00 bits per heavy atom. The van der Waals surface area contributed by atoms with Crippen LogP contribution in [0.25, 0.3) is 0 Å². The van der Waals surface area contributed by atoms with E-state index in [4.69, 9.17) is 4.74 Å². The Balaban J connectivity index is 1.96. The van der Waals surface area contributed by atoms with E-state index in [1.165, 1.54) is 6.07 Å². The molecule has 0 aliphatic carbocycles. The van der Waals surface area contributed by atoms with E-state index in [9.17, 15) is 9.50 Å². The summed E-state index contributed by atoms with van der Waals surface area (Å²) in [6, 6.07) is 6.26. The molecule has 0 bridgehead atoms. The van der Waals surface area contributed by atoms with Crippen LogP contribution in [0.5, 0.6) is 5.75 Å². The number of rotatable bonds is 10. The van der Waals surface area contributed by atoms with Crippen molar-refractivity contribution in [2.45, 2.75) is 64.3 Å². The van der Waals surface area contributed by atoms with Crippen LogP contribution in [0, 0.1) is 11.2 Å². The molecule has 5 nitrogen and oxygen atoms in total. The molecule has 0 saturated heterocycles. The standard InChI is InChI=1S/C20H30FN3O2S/c1-5-27-19-22-14-23-24(19)16(18(25)20(2,3)4)11-8-9-13-26-17-12-7-6-10-15(17)21/h6-7,10,12,14,16,18,25H,5,8-9,11,13H2,1-4H3. The minimum absolute atomic E-state index is 0.157. The van der Waals surface area contributed by atoms with Gasteiger partial charge in [0.2, 0.25) is 0 Å². The zero-order valence-corrected chi connectivity index (χ0v) is 17.4. The van der Waals surface area contributed by atoms with E-state index >= 15 is 0 Å². The summed E-state index contributed by atoms with van der Waals surface area (Å²) in [6.45, 7) is 8.58. The molecule has 27 heavy (non-hydrogen) atoms. The van der Waals surface area contributed by atoms with Gasteiger partial charge >= 0.3 is 0 Å². The van der Waals surface area contributed by atoms with E-state index in [1.54, 1.807) is 36.3 Å². The number of benzene rings is 1. The Bertz CT molecular complexity index is 703. The first-order valence-corrected chi connectivity index (χ1v) is 10.4. The van der Waals surface area contributed by atoms with Crippen molar-refractivity contribution in [1.29, 1.82) is 0 Å². The number of halogens is 1. The van der Waals surface area contributed by atoms with Crippen LogP contribution >= 0.6 is 11.8 Å². The predicted molar refractivity (Wildman–Crippen MR) is 107 cm³/mol. The van der Waals surface area contributed by atoms with Crippen molar-refractivity contribution < 1.29 is 14.2 Å². The molecule has 1 aromatic carbocycles. The summed E-state index contributed by atoms with van der Waals surface area (Å²) >= 11 is 1.62. The number of para-hydroxylation sites is 1. The van der Waals surface area contributed by atoms with Gasteiger partial charge in [-0.2, -0.15) is 5.10 Å². The van der Waals surface area contributed by atoms with Gasteiger partial charge in [0, 0.05) is 0 Å². The molecule has 0 amide bonds. The first-order chi connectivity index (χ1) is 12.8. The third kappa shape index (κ3) is 6.21. The normalized spacial score (nSPS) is 14.1. The third-order valence-electron chi connectivity index (χ3n) is 4.37. The fourth-order valence-corrected chi connectivity index (χ4v) is 3.58. The molecule has 7 heteroatoms. The molecule has 0 fully saturated rings. The largest absolute Gasteiger partial charge is 0.491 e. The van der Waals surface area contributed by atoms with Crippen LogP contribution < -0.4 is 4.74 Å². The predicted octanol–water partition coefficient (Wildman–Crippen LogP) is 4.73. The quantitative estimate of drug-likeness (QED) is 0.466. The molecule has 0 aliphatic heterocycles. The highest BCUT2D eigenvalue weighted by Crippen LogP contribution is 2.33. The van der Waals surface area contributed by atoms with E-state index in [0.717, 1.165) is 30.2 Å². The van der Waals surface area contributed by atoms with Crippen molar-refractivity contribution in [3.8, 4) is 5.75 Å². The van der Waals surface area contributed by atoms with Crippen molar-refractivity contribution in [2.24, 2.45) is 5.41 Å². The van der Waals surface area contributed by atoms with Crippen molar-refractivity contribution in [3.63, 3.8) is 0 Å². The summed E-state index contributed by atoms with van der Waals surface area (Å²) in [5.41, 5.74) is -0.269. The Morgan fingerprint density at radius 3 is 2.67 bits per heavy atom. The summed E-state index contributed by atoms with van der Waals surface area (Å²) in [4.78, 5) is 4.32. The van der Waals surface area contributed by atoms with Crippen molar-refractivity contribution in [1.82, 2.24) is 14.8 Å². The lowest BCUT2D eigenvalue weighted by Gasteiger charge is -2.33. The number of hydrogen-bond donors (Lipinski definition) is 1. The van der Waals surface area contributed by atoms with Gasteiger partial charge in [0.15, 0.2) is 16.7 Å². The number of aliphatic hydroxyl groups excluding tert-OH is 1. The minimum atomic E-state index is -0.553. The molecular formula is C20H30FN3O2S. The van der Waals surface area contributed by atoms with Gasteiger partial charge < -0.3 is 9.84 Å².